The molecule has 2 heterocycles. The van der Waals surface area contributed by atoms with Gasteiger partial charge >= 0.3 is 5.97 Å². The fraction of sp³-hybridized carbons (Fsp3) is 0.200. The molecule has 118 valence electrons. The molecule has 3 aromatic rings. The number of carboxylic acid groups (broad SMARTS) is 1. The summed E-state index contributed by atoms with van der Waals surface area (Å²) >= 11 is 0. The third-order valence-corrected chi connectivity index (χ3v) is 3.53. The lowest BCUT2D eigenvalue weighted by Gasteiger charge is -2.12. The van der Waals surface area contributed by atoms with Crippen molar-refractivity contribution in [3.63, 3.8) is 0 Å². The second kappa shape index (κ2) is 5.91. The third-order valence-electron chi connectivity index (χ3n) is 3.53. The molecule has 0 aliphatic heterocycles. The standard InChI is InChI=1S/C15H14N4O4/c1-9-4-5-19(15(22)11(9)7-14(20)21)16-8-10-2-3-12-13(6-10)18-23-17-12/h2-6,16H,7-8H2,1H3,(H,20,21). The molecular formula is C15H14N4O4. The maximum Gasteiger partial charge on any atom is 0.308 e. The van der Waals surface area contributed by atoms with Crippen LogP contribution in [0, 0.1) is 6.92 Å². The van der Waals surface area contributed by atoms with E-state index in [-0.39, 0.29) is 17.5 Å². The molecule has 3 rings (SSSR count). The molecule has 8 nitrogen and oxygen atoms in total. The minimum absolute atomic E-state index is 0.267. The Balaban J connectivity index is 1.82. The van der Waals surface area contributed by atoms with Crippen molar-refractivity contribution in [3.8, 4) is 0 Å². The van der Waals surface area contributed by atoms with Crippen molar-refractivity contribution in [2.24, 2.45) is 0 Å². The van der Waals surface area contributed by atoms with Crippen LogP contribution in [0.5, 0.6) is 0 Å². The van der Waals surface area contributed by atoms with Crippen molar-refractivity contribution < 1.29 is 14.5 Å². The van der Waals surface area contributed by atoms with Crippen molar-refractivity contribution in [3.05, 3.63) is 57.5 Å². The number of hydrogen-bond acceptors (Lipinski definition) is 6. The predicted octanol–water partition coefficient (Wildman–Crippen LogP) is 1.06. The monoisotopic (exact) mass is 314 g/mol. The molecule has 0 aliphatic rings. The smallest absolute Gasteiger partial charge is 0.308 e. The van der Waals surface area contributed by atoms with Crippen LogP contribution in [-0.4, -0.2) is 26.1 Å². The third kappa shape index (κ3) is 3.05. The molecule has 0 spiro atoms. The molecule has 1 aromatic carbocycles. The molecule has 0 saturated heterocycles. The first kappa shape index (κ1) is 14.8. The Morgan fingerprint density at radius 1 is 1.30 bits per heavy atom. The molecule has 0 amide bonds. The molecule has 0 atom stereocenters. The summed E-state index contributed by atoms with van der Waals surface area (Å²) in [5, 5.41) is 16.4. The highest BCUT2D eigenvalue weighted by Crippen LogP contribution is 2.11. The Labute approximate surface area is 130 Å². The number of carboxylic acids is 1. The topological polar surface area (TPSA) is 110 Å². The maximum atomic E-state index is 12.3. The zero-order valence-corrected chi connectivity index (χ0v) is 12.3. The van der Waals surface area contributed by atoms with Crippen LogP contribution in [0.2, 0.25) is 0 Å². The predicted molar refractivity (Wildman–Crippen MR) is 81.6 cm³/mol. The van der Waals surface area contributed by atoms with Gasteiger partial charge in [0.1, 0.15) is 11.0 Å². The van der Waals surface area contributed by atoms with Gasteiger partial charge in [-0.05, 0) is 46.6 Å². The van der Waals surface area contributed by atoms with E-state index in [1.165, 1.54) is 4.68 Å². The lowest BCUT2D eigenvalue weighted by Crippen LogP contribution is -2.32. The van der Waals surface area contributed by atoms with Crippen LogP contribution in [-0.2, 0) is 17.8 Å². The van der Waals surface area contributed by atoms with E-state index in [2.05, 4.69) is 20.4 Å². The number of benzene rings is 1. The van der Waals surface area contributed by atoms with Gasteiger partial charge in [-0.25, -0.2) is 9.31 Å². The van der Waals surface area contributed by atoms with Crippen molar-refractivity contribution in [1.82, 2.24) is 15.0 Å². The van der Waals surface area contributed by atoms with E-state index in [1.807, 2.05) is 6.07 Å². The average molecular weight is 314 g/mol. The van der Waals surface area contributed by atoms with Crippen LogP contribution in [0.1, 0.15) is 16.7 Å². The van der Waals surface area contributed by atoms with Gasteiger partial charge in [-0.2, -0.15) is 0 Å². The van der Waals surface area contributed by atoms with Crippen LogP contribution in [0.15, 0.2) is 39.9 Å². The quantitative estimate of drug-likeness (QED) is 0.724. The van der Waals surface area contributed by atoms with Crippen LogP contribution < -0.4 is 11.0 Å². The second-order valence-electron chi connectivity index (χ2n) is 5.15. The summed E-state index contributed by atoms with van der Waals surface area (Å²) in [5.41, 5.74) is 5.70. The van der Waals surface area contributed by atoms with Gasteiger partial charge < -0.3 is 10.5 Å². The molecule has 2 aromatic heterocycles. The van der Waals surface area contributed by atoms with Gasteiger partial charge in [0.15, 0.2) is 0 Å². The van der Waals surface area contributed by atoms with E-state index in [1.54, 1.807) is 31.3 Å². The van der Waals surface area contributed by atoms with Crippen LogP contribution in [0.3, 0.4) is 0 Å². The fourth-order valence-electron chi connectivity index (χ4n) is 2.27. The first-order valence-corrected chi connectivity index (χ1v) is 6.92. The van der Waals surface area contributed by atoms with Crippen molar-refractivity contribution in [2.45, 2.75) is 19.9 Å². The lowest BCUT2D eigenvalue weighted by atomic mass is 10.1. The average Bonchev–Trinajstić information content (AvgIpc) is 2.98. The normalized spacial score (nSPS) is 10.8. The number of aromatic nitrogens is 3. The second-order valence-corrected chi connectivity index (χ2v) is 5.15. The van der Waals surface area contributed by atoms with E-state index in [0.717, 1.165) is 5.56 Å². The molecule has 2 N–H and O–H groups in total. The van der Waals surface area contributed by atoms with E-state index in [4.69, 9.17) is 5.11 Å². The summed E-state index contributed by atoms with van der Waals surface area (Å²) < 4.78 is 5.92. The first-order chi connectivity index (χ1) is 11.0. The number of fused-ring (bicyclic) bond motifs is 1. The molecule has 0 aliphatic carbocycles. The minimum Gasteiger partial charge on any atom is -0.481 e. The largest absolute Gasteiger partial charge is 0.481 e. The van der Waals surface area contributed by atoms with Gasteiger partial charge in [-0.15, -0.1) is 0 Å². The number of nitrogens with zero attached hydrogens (tertiary/aromatic N) is 3. The molecule has 8 heteroatoms. The summed E-state index contributed by atoms with van der Waals surface area (Å²) in [5.74, 6) is -1.04. The Kier molecular flexibility index (Phi) is 3.80. The summed E-state index contributed by atoms with van der Waals surface area (Å²) in [6.45, 7) is 2.09. The fourth-order valence-corrected chi connectivity index (χ4v) is 2.27. The van der Waals surface area contributed by atoms with Crippen molar-refractivity contribution in [1.29, 1.82) is 0 Å². The highest BCUT2D eigenvalue weighted by molar-refractivity contribution is 5.73. The number of hydrogen-bond donors (Lipinski definition) is 2. The van der Waals surface area contributed by atoms with Gasteiger partial charge in [-0.1, -0.05) is 6.07 Å². The van der Waals surface area contributed by atoms with Crippen LogP contribution >= 0.6 is 0 Å². The molecule has 0 saturated carbocycles. The SMILES string of the molecule is Cc1ccn(NCc2ccc3nonc3c2)c(=O)c1CC(=O)O. The van der Waals surface area contributed by atoms with Crippen LogP contribution in [0.25, 0.3) is 11.0 Å². The summed E-state index contributed by atoms with van der Waals surface area (Å²) in [7, 11) is 0. The summed E-state index contributed by atoms with van der Waals surface area (Å²) in [6.07, 6.45) is 1.28. The van der Waals surface area contributed by atoms with Crippen LogP contribution in [0.4, 0.5) is 0 Å². The van der Waals surface area contributed by atoms with Crippen molar-refractivity contribution >= 4 is 17.0 Å². The number of aliphatic carboxylic acids is 1. The number of rotatable bonds is 5. The first-order valence-electron chi connectivity index (χ1n) is 6.92. The zero-order chi connectivity index (χ0) is 16.4. The molecule has 0 bridgehead atoms. The molecule has 0 radical (unpaired) electrons. The Hall–Kier alpha value is -3.16. The molecular weight excluding hydrogens is 300 g/mol. The van der Waals surface area contributed by atoms with Crippen molar-refractivity contribution in [2.75, 3.05) is 5.43 Å². The van der Waals surface area contributed by atoms with Gasteiger partial charge in [0.05, 0.1) is 13.0 Å². The van der Waals surface area contributed by atoms with E-state index < -0.39 is 5.97 Å². The molecule has 23 heavy (non-hydrogen) atoms. The molecule has 0 unspecified atom stereocenters. The number of pyridine rings is 1. The number of nitrogens with one attached hydrogen (secondary N) is 1. The lowest BCUT2D eigenvalue weighted by molar-refractivity contribution is -0.136. The zero-order valence-electron chi connectivity index (χ0n) is 12.3. The maximum absolute atomic E-state index is 12.3. The van der Waals surface area contributed by atoms with E-state index in [0.29, 0.717) is 23.1 Å². The number of aryl methyl sites for hydroxylation is 1. The number of carbonyl (C=O) groups is 1. The summed E-state index contributed by atoms with van der Waals surface area (Å²) in [6, 6.07) is 7.13. The Morgan fingerprint density at radius 2 is 2.09 bits per heavy atom. The van der Waals surface area contributed by atoms with Gasteiger partial charge in [-0.3, -0.25) is 9.59 Å². The van der Waals surface area contributed by atoms with Gasteiger partial charge in [0, 0.05) is 11.8 Å². The highest BCUT2D eigenvalue weighted by atomic mass is 16.6. The highest BCUT2D eigenvalue weighted by Gasteiger charge is 2.11. The molecule has 0 fully saturated rings. The van der Waals surface area contributed by atoms with Gasteiger partial charge in [0.25, 0.3) is 5.56 Å². The van der Waals surface area contributed by atoms with Gasteiger partial charge in [0.2, 0.25) is 0 Å². The Bertz CT molecular complexity index is 929. The van der Waals surface area contributed by atoms with E-state index >= 15 is 0 Å². The Morgan fingerprint density at radius 3 is 2.87 bits per heavy atom. The van der Waals surface area contributed by atoms with E-state index in [9.17, 15) is 9.59 Å². The minimum atomic E-state index is -1.04. The summed E-state index contributed by atoms with van der Waals surface area (Å²) in [4.78, 5) is 23.2.